The molecule has 4 rings (SSSR count). The second kappa shape index (κ2) is 7.07. The van der Waals surface area contributed by atoms with Crippen LogP contribution in [0.1, 0.15) is 19.8 Å². The molecule has 0 fully saturated rings. The van der Waals surface area contributed by atoms with Crippen LogP contribution >= 0.6 is 0 Å². The highest BCUT2D eigenvalue weighted by molar-refractivity contribution is 5.98. The molecule has 1 N–H and O–H groups in total. The van der Waals surface area contributed by atoms with E-state index in [0.717, 1.165) is 46.1 Å². The van der Waals surface area contributed by atoms with E-state index in [1.54, 1.807) is 11.8 Å². The zero-order chi connectivity index (χ0) is 18.8. The molecule has 0 saturated heterocycles. The molecular formula is C21H20N4O2. The molecule has 0 unspecified atom stereocenters. The number of benzene rings is 2. The molecule has 0 saturated carbocycles. The molecule has 1 heterocycles. The molecule has 6 nitrogen and oxygen atoms in total. The van der Waals surface area contributed by atoms with Crippen LogP contribution in [0.2, 0.25) is 0 Å². The first-order chi connectivity index (χ1) is 13.1. The van der Waals surface area contributed by atoms with Crippen molar-refractivity contribution in [3.63, 3.8) is 0 Å². The number of Topliss-reactive ketones (excluding diaryl/α,β-unsaturated/α-hetero) is 1. The molecule has 1 aromatic heterocycles. The van der Waals surface area contributed by atoms with Crippen LogP contribution in [0.4, 0.5) is 5.69 Å². The SMILES string of the molecule is COc1ccc(-n2cc(-c3cccc(NC4=C(C)C(=O)CC4)c3)nn2)cc1. The third-order valence-corrected chi connectivity index (χ3v) is 4.76. The summed E-state index contributed by atoms with van der Waals surface area (Å²) in [6.07, 6.45) is 3.25. The lowest BCUT2D eigenvalue weighted by molar-refractivity contribution is -0.114. The molecule has 0 spiro atoms. The number of hydrogen-bond acceptors (Lipinski definition) is 5. The van der Waals surface area contributed by atoms with Crippen LogP contribution in [-0.4, -0.2) is 27.9 Å². The van der Waals surface area contributed by atoms with Crippen LogP contribution < -0.4 is 10.1 Å². The molecule has 6 heteroatoms. The zero-order valence-corrected chi connectivity index (χ0v) is 15.3. The van der Waals surface area contributed by atoms with Crippen LogP contribution in [-0.2, 0) is 4.79 Å². The van der Waals surface area contributed by atoms with E-state index in [2.05, 4.69) is 15.6 Å². The molecule has 0 aliphatic heterocycles. The van der Waals surface area contributed by atoms with E-state index >= 15 is 0 Å². The molecule has 0 radical (unpaired) electrons. The van der Waals surface area contributed by atoms with Gasteiger partial charge in [0.2, 0.25) is 0 Å². The number of allylic oxidation sites excluding steroid dienone is 2. The van der Waals surface area contributed by atoms with E-state index in [1.165, 1.54) is 0 Å². The normalized spacial score (nSPS) is 13.9. The van der Waals surface area contributed by atoms with Gasteiger partial charge in [-0.15, -0.1) is 5.10 Å². The second-order valence-corrected chi connectivity index (χ2v) is 6.48. The highest BCUT2D eigenvalue weighted by atomic mass is 16.5. The maximum atomic E-state index is 11.7. The molecular weight excluding hydrogens is 340 g/mol. The first-order valence-corrected chi connectivity index (χ1v) is 8.81. The minimum Gasteiger partial charge on any atom is -0.497 e. The number of anilines is 1. The van der Waals surface area contributed by atoms with Gasteiger partial charge in [0.1, 0.15) is 11.4 Å². The van der Waals surface area contributed by atoms with E-state index in [4.69, 9.17) is 4.74 Å². The van der Waals surface area contributed by atoms with Crippen molar-refractivity contribution < 1.29 is 9.53 Å². The Bertz CT molecular complexity index is 1020. The summed E-state index contributed by atoms with van der Waals surface area (Å²) < 4.78 is 6.92. The van der Waals surface area contributed by atoms with Crippen molar-refractivity contribution in [3.8, 4) is 22.7 Å². The van der Waals surface area contributed by atoms with Gasteiger partial charge in [0.15, 0.2) is 5.78 Å². The minimum absolute atomic E-state index is 0.219. The van der Waals surface area contributed by atoms with E-state index in [9.17, 15) is 4.79 Å². The number of carbonyl (C=O) groups is 1. The molecule has 27 heavy (non-hydrogen) atoms. The number of methoxy groups -OCH3 is 1. The molecule has 3 aromatic rings. The smallest absolute Gasteiger partial charge is 0.160 e. The predicted molar refractivity (Wildman–Crippen MR) is 104 cm³/mol. The Hall–Kier alpha value is -3.41. The average molecular weight is 360 g/mol. The van der Waals surface area contributed by atoms with Gasteiger partial charge < -0.3 is 10.1 Å². The summed E-state index contributed by atoms with van der Waals surface area (Å²) in [6.45, 7) is 1.88. The van der Waals surface area contributed by atoms with Crippen molar-refractivity contribution >= 4 is 11.5 Å². The molecule has 2 aromatic carbocycles. The molecule has 0 atom stereocenters. The van der Waals surface area contributed by atoms with Crippen LogP contribution in [0.15, 0.2) is 66.0 Å². The first kappa shape index (κ1) is 17.0. The number of ketones is 1. The summed E-state index contributed by atoms with van der Waals surface area (Å²) in [5, 5.41) is 11.9. The van der Waals surface area contributed by atoms with Gasteiger partial charge in [-0.25, -0.2) is 4.68 Å². The van der Waals surface area contributed by atoms with Gasteiger partial charge in [-0.2, -0.15) is 0 Å². The fourth-order valence-electron chi connectivity index (χ4n) is 3.13. The molecule has 1 aliphatic carbocycles. The number of aromatic nitrogens is 3. The van der Waals surface area contributed by atoms with Crippen LogP contribution in [0.25, 0.3) is 16.9 Å². The third kappa shape index (κ3) is 3.46. The third-order valence-electron chi connectivity index (χ3n) is 4.76. The average Bonchev–Trinajstić information content (AvgIpc) is 3.31. The fraction of sp³-hybridized carbons (Fsp3) is 0.190. The van der Waals surface area contributed by atoms with Crippen molar-refractivity contribution in [2.45, 2.75) is 19.8 Å². The summed E-state index contributed by atoms with van der Waals surface area (Å²) in [6, 6.07) is 15.6. The molecule has 0 amide bonds. The minimum atomic E-state index is 0.219. The topological polar surface area (TPSA) is 69.0 Å². The second-order valence-electron chi connectivity index (χ2n) is 6.48. The quantitative estimate of drug-likeness (QED) is 0.745. The van der Waals surface area contributed by atoms with Crippen molar-refractivity contribution in [3.05, 3.63) is 66.0 Å². The van der Waals surface area contributed by atoms with Crippen LogP contribution in [0.5, 0.6) is 5.75 Å². The first-order valence-electron chi connectivity index (χ1n) is 8.81. The van der Waals surface area contributed by atoms with Crippen LogP contribution in [0.3, 0.4) is 0 Å². The van der Waals surface area contributed by atoms with Gasteiger partial charge in [0.05, 0.1) is 19.0 Å². The molecule has 1 aliphatic rings. The lowest BCUT2D eigenvalue weighted by atomic mass is 10.1. The number of rotatable bonds is 5. The van der Waals surface area contributed by atoms with Crippen LogP contribution in [0, 0.1) is 0 Å². The van der Waals surface area contributed by atoms with Gasteiger partial charge in [0.25, 0.3) is 0 Å². The lowest BCUT2D eigenvalue weighted by Gasteiger charge is -2.09. The predicted octanol–water partition coefficient (Wildman–Crippen LogP) is 3.99. The summed E-state index contributed by atoms with van der Waals surface area (Å²) >= 11 is 0. The van der Waals surface area contributed by atoms with Crippen molar-refractivity contribution in [2.75, 3.05) is 12.4 Å². The highest BCUT2D eigenvalue weighted by Gasteiger charge is 2.19. The Balaban J connectivity index is 1.57. The number of hydrogen-bond donors (Lipinski definition) is 1. The van der Waals surface area contributed by atoms with Gasteiger partial charge in [0, 0.05) is 28.9 Å². The number of ether oxygens (including phenoxy) is 1. The van der Waals surface area contributed by atoms with E-state index in [1.807, 2.05) is 61.7 Å². The van der Waals surface area contributed by atoms with E-state index in [0.29, 0.717) is 6.42 Å². The van der Waals surface area contributed by atoms with Gasteiger partial charge in [-0.05, 0) is 49.7 Å². The Labute approximate surface area is 157 Å². The van der Waals surface area contributed by atoms with E-state index in [-0.39, 0.29) is 5.78 Å². The number of carbonyl (C=O) groups excluding carboxylic acids is 1. The largest absolute Gasteiger partial charge is 0.497 e. The Morgan fingerprint density at radius 2 is 1.93 bits per heavy atom. The molecule has 0 bridgehead atoms. The Morgan fingerprint density at radius 3 is 2.63 bits per heavy atom. The number of nitrogens with one attached hydrogen (secondary N) is 1. The highest BCUT2D eigenvalue weighted by Crippen LogP contribution is 2.27. The Kier molecular flexibility index (Phi) is 4.46. The maximum Gasteiger partial charge on any atom is 0.160 e. The summed E-state index contributed by atoms with van der Waals surface area (Å²) in [4.78, 5) is 11.7. The van der Waals surface area contributed by atoms with Crippen molar-refractivity contribution in [1.29, 1.82) is 0 Å². The summed E-state index contributed by atoms with van der Waals surface area (Å²) in [5.74, 6) is 1.02. The van der Waals surface area contributed by atoms with Gasteiger partial charge in [-0.1, -0.05) is 17.3 Å². The zero-order valence-electron chi connectivity index (χ0n) is 15.3. The summed E-state index contributed by atoms with van der Waals surface area (Å²) in [7, 11) is 1.64. The van der Waals surface area contributed by atoms with Crippen molar-refractivity contribution in [1.82, 2.24) is 15.0 Å². The van der Waals surface area contributed by atoms with Gasteiger partial charge in [-0.3, -0.25) is 4.79 Å². The fourth-order valence-corrected chi connectivity index (χ4v) is 3.13. The van der Waals surface area contributed by atoms with Crippen molar-refractivity contribution in [2.24, 2.45) is 0 Å². The lowest BCUT2D eigenvalue weighted by Crippen LogP contribution is -1.99. The molecule has 136 valence electrons. The summed E-state index contributed by atoms with van der Waals surface area (Å²) in [5.41, 5.74) is 5.42. The monoisotopic (exact) mass is 360 g/mol. The number of nitrogens with zero attached hydrogens (tertiary/aromatic N) is 3. The van der Waals surface area contributed by atoms with Gasteiger partial charge >= 0.3 is 0 Å². The maximum absolute atomic E-state index is 11.7. The Morgan fingerprint density at radius 1 is 1.11 bits per heavy atom. The standard InChI is InChI=1S/C21H20N4O2/c1-14-19(10-11-21(14)26)22-16-5-3-4-15(12-16)20-13-25(24-23-20)17-6-8-18(27-2)9-7-17/h3-9,12-13,22H,10-11H2,1-2H3. The van der Waals surface area contributed by atoms with E-state index < -0.39 is 0 Å².